The Labute approximate surface area is 226 Å². The summed E-state index contributed by atoms with van der Waals surface area (Å²) in [5.74, 6) is 2.09. The SMILES string of the molecule is C=C(/N=C1/C=CN(C)/C1=C(/C)Oc1c(C)cc(-c2c(C)nn(C)c2C)cc1C)NC(/C=C\CC#N)=C/CC. The molecule has 0 amide bonds. The average molecular weight is 511 g/mol. The second-order valence-electron chi connectivity index (χ2n) is 9.44. The molecule has 38 heavy (non-hydrogen) atoms. The number of nitrogens with one attached hydrogen (secondary N) is 1. The molecule has 0 unspecified atom stereocenters. The maximum Gasteiger partial charge on any atom is 0.132 e. The second-order valence-corrected chi connectivity index (χ2v) is 9.44. The number of aryl methyl sites for hydroxylation is 4. The van der Waals surface area contributed by atoms with Crippen molar-refractivity contribution in [3.63, 3.8) is 0 Å². The first kappa shape index (κ1) is 28.3. The van der Waals surface area contributed by atoms with Crippen molar-refractivity contribution in [2.24, 2.45) is 12.0 Å². The van der Waals surface area contributed by atoms with Gasteiger partial charge in [0.05, 0.1) is 23.9 Å². The van der Waals surface area contributed by atoms with Gasteiger partial charge < -0.3 is 15.0 Å². The largest absolute Gasteiger partial charge is 0.459 e. The summed E-state index contributed by atoms with van der Waals surface area (Å²) in [6, 6.07) is 6.44. The molecule has 1 aliphatic rings. The number of benzene rings is 1. The van der Waals surface area contributed by atoms with Crippen LogP contribution in [0.2, 0.25) is 0 Å². The van der Waals surface area contributed by atoms with Gasteiger partial charge in [0.25, 0.3) is 0 Å². The topological polar surface area (TPSA) is 78.5 Å². The number of rotatable bonds is 9. The lowest BCUT2D eigenvalue weighted by molar-refractivity contribution is 0.400. The number of aromatic nitrogens is 2. The van der Waals surface area contributed by atoms with E-state index >= 15 is 0 Å². The van der Waals surface area contributed by atoms with Crippen molar-refractivity contribution in [1.82, 2.24) is 20.0 Å². The maximum atomic E-state index is 8.80. The lowest BCUT2D eigenvalue weighted by Crippen LogP contribution is -2.17. The fourth-order valence-corrected chi connectivity index (χ4v) is 4.64. The number of nitriles is 1. The van der Waals surface area contributed by atoms with Gasteiger partial charge in [-0.1, -0.05) is 25.7 Å². The molecule has 1 aromatic heterocycles. The smallest absolute Gasteiger partial charge is 0.132 e. The van der Waals surface area contributed by atoms with Gasteiger partial charge in [0, 0.05) is 37.2 Å². The minimum absolute atomic E-state index is 0.349. The number of hydrogen-bond acceptors (Lipinski definition) is 6. The highest BCUT2D eigenvalue weighted by Crippen LogP contribution is 2.35. The Bertz CT molecular complexity index is 1400. The van der Waals surface area contributed by atoms with Crippen molar-refractivity contribution in [3.05, 3.63) is 94.7 Å². The Balaban J connectivity index is 1.89. The van der Waals surface area contributed by atoms with Crippen LogP contribution < -0.4 is 10.1 Å². The zero-order valence-electron chi connectivity index (χ0n) is 23.8. The third-order valence-electron chi connectivity index (χ3n) is 6.37. The van der Waals surface area contributed by atoms with Gasteiger partial charge in [-0.25, -0.2) is 4.99 Å². The molecule has 0 radical (unpaired) electrons. The van der Waals surface area contributed by atoms with Crippen molar-refractivity contribution < 1.29 is 4.74 Å². The first-order chi connectivity index (χ1) is 18.1. The first-order valence-electron chi connectivity index (χ1n) is 12.8. The molecule has 0 spiro atoms. The fraction of sp³-hybridized carbons (Fsp3) is 0.323. The van der Waals surface area contributed by atoms with Crippen LogP contribution >= 0.6 is 0 Å². The van der Waals surface area contributed by atoms with Gasteiger partial charge in [-0.2, -0.15) is 10.4 Å². The van der Waals surface area contributed by atoms with E-state index in [4.69, 9.17) is 15.0 Å². The van der Waals surface area contributed by atoms with Crippen molar-refractivity contribution in [2.45, 2.75) is 54.4 Å². The molecule has 1 aromatic carbocycles. The van der Waals surface area contributed by atoms with E-state index in [1.54, 1.807) is 0 Å². The van der Waals surface area contributed by atoms with Gasteiger partial charge in [0.2, 0.25) is 0 Å². The molecule has 0 atom stereocenters. The minimum Gasteiger partial charge on any atom is -0.459 e. The number of nitrogens with zero attached hydrogens (tertiary/aromatic N) is 5. The van der Waals surface area contributed by atoms with E-state index in [1.807, 2.05) is 68.0 Å². The van der Waals surface area contributed by atoms with Gasteiger partial charge >= 0.3 is 0 Å². The van der Waals surface area contributed by atoms with Crippen molar-refractivity contribution >= 4 is 5.71 Å². The van der Waals surface area contributed by atoms with E-state index in [9.17, 15) is 0 Å². The van der Waals surface area contributed by atoms with Gasteiger partial charge in [-0.3, -0.25) is 4.68 Å². The molecule has 0 bridgehead atoms. The Morgan fingerprint density at radius 3 is 2.47 bits per heavy atom. The molecule has 0 saturated heterocycles. The predicted molar refractivity (Wildman–Crippen MR) is 155 cm³/mol. The van der Waals surface area contributed by atoms with Gasteiger partial charge in [0.15, 0.2) is 0 Å². The maximum absolute atomic E-state index is 8.80. The molecule has 198 valence electrons. The van der Waals surface area contributed by atoms with E-state index in [1.165, 1.54) is 5.56 Å². The van der Waals surface area contributed by atoms with Crippen LogP contribution in [-0.4, -0.2) is 27.4 Å². The summed E-state index contributed by atoms with van der Waals surface area (Å²) in [7, 11) is 3.95. The highest BCUT2D eigenvalue weighted by molar-refractivity contribution is 6.10. The Morgan fingerprint density at radius 1 is 1.21 bits per heavy atom. The summed E-state index contributed by atoms with van der Waals surface area (Å²) >= 11 is 0. The molecule has 1 N–H and O–H groups in total. The minimum atomic E-state index is 0.349. The summed E-state index contributed by atoms with van der Waals surface area (Å²) < 4.78 is 8.40. The van der Waals surface area contributed by atoms with Crippen LogP contribution in [0.1, 0.15) is 49.2 Å². The second kappa shape index (κ2) is 12.3. The highest BCUT2D eigenvalue weighted by Gasteiger charge is 2.21. The van der Waals surface area contributed by atoms with Crippen LogP contribution in [0.15, 0.2) is 77.2 Å². The van der Waals surface area contributed by atoms with E-state index in [-0.39, 0.29) is 0 Å². The normalized spacial score (nSPS) is 15.9. The zero-order valence-corrected chi connectivity index (χ0v) is 23.8. The van der Waals surface area contributed by atoms with Gasteiger partial charge in [-0.05, 0) is 82.0 Å². The quantitative estimate of drug-likeness (QED) is 0.302. The molecule has 2 aromatic rings. The molecule has 0 fully saturated rings. The summed E-state index contributed by atoms with van der Waals surface area (Å²) in [6.45, 7) is 16.4. The molecule has 0 saturated carbocycles. The lowest BCUT2D eigenvalue weighted by Gasteiger charge is -2.19. The van der Waals surface area contributed by atoms with Crippen LogP contribution in [0.5, 0.6) is 5.75 Å². The molecular formula is C31H38N6O. The monoisotopic (exact) mass is 510 g/mol. The van der Waals surface area contributed by atoms with Crippen LogP contribution in [0, 0.1) is 39.0 Å². The fourth-order valence-electron chi connectivity index (χ4n) is 4.64. The standard InChI is InChI=1S/C31H38N6O/c1-10-13-27(14-11-12-16-32)33-25(7)34-28-15-17-36(8)30(28)24(6)38-31-20(2)18-26(19-21(31)3)29-22(4)35-37(9)23(29)5/h11,13-15,17-19,33H,7,10,12H2,1-6,8-9H3/b14-11-,27-13+,30-24-,34-28-. The van der Waals surface area contributed by atoms with Crippen molar-refractivity contribution in [3.8, 4) is 22.9 Å². The van der Waals surface area contributed by atoms with Crippen LogP contribution in [0.25, 0.3) is 11.1 Å². The number of hydrogen-bond donors (Lipinski definition) is 1. The molecule has 2 heterocycles. The van der Waals surface area contributed by atoms with Gasteiger partial charge in [-0.15, -0.1) is 0 Å². The van der Waals surface area contributed by atoms with Crippen LogP contribution in [-0.2, 0) is 7.05 Å². The summed E-state index contributed by atoms with van der Waals surface area (Å²) in [5.41, 5.74) is 9.06. The molecule has 7 nitrogen and oxygen atoms in total. The van der Waals surface area contributed by atoms with E-state index in [0.29, 0.717) is 12.2 Å². The Hall–Kier alpha value is -4.31. The zero-order chi connectivity index (χ0) is 28.0. The summed E-state index contributed by atoms with van der Waals surface area (Å²) in [6.07, 6.45) is 10.8. The number of aliphatic imine (C=N–C) groups is 1. The van der Waals surface area contributed by atoms with E-state index < -0.39 is 0 Å². The Morgan fingerprint density at radius 2 is 1.89 bits per heavy atom. The number of allylic oxidation sites excluding steroid dienone is 5. The van der Waals surface area contributed by atoms with Crippen molar-refractivity contribution in [1.29, 1.82) is 5.26 Å². The predicted octanol–water partition coefficient (Wildman–Crippen LogP) is 6.66. The summed E-state index contributed by atoms with van der Waals surface area (Å²) in [4.78, 5) is 6.74. The summed E-state index contributed by atoms with van der Waals surface area (Å²) in [5, 5.41) is 16.6. The van der Waals surface area contributed by atoms with E-state index in [2.05, 4.69) is 62.9 Å². The average Bonchev–Trinajstić information content (AvgIpc) is 3.33. The van der Waals surface area contributed by atoms with E-state index in [0.717, 1.165) is 63.1 Å². The molecule has 7 heteroatoms. The highest BCUT2D eigenvalue weighted by atomic mass is 16.5. The van der Waals surface area contributed by atoms with Crippen LogP contribution in [0.3, 0.4) is 0 Å². The Kier molecular flexibility index (Phi) is 9.14. The third-order valence-corrected chi connectivity index (χ3v) is 6.37. The molecular weight excluding hydrogens is 472 g/mol. The first-order valence-corrected chi connectivity index (χ1v) is 12.8. The molecule has 3 rings (SSSR count). The van der Waals surface area contributed by atoms with Crippen LogP contribution in [0.4, 0.5) is 0 Å². The molecule has 0 aliphatic carbocycles. The van der Waals surface area contributed by atoms with Crippen molar-refractivity contribution in [2.75, 3.05) is 7.05 Å². The molecule has 1 aliphatic heterocycles. The third kappa shape index (κ3) is 6.33. The number of ether oxygens (including phenoxy) is 1. The lowest BCUT2D eigenvalue weighted by atomic mass is 9.98. The van der Waals surface area contributed by atoms with Gasteiger partial charge in [0.1, 0.15) is 23.0 Å².